The van der Waals surface area contributed by atoms with Gasteiger partial charge in [-0.1, -0.05) is 18.2 Å². The minimum absolute atomic E-state index is 0.719. The van der Waals surface area contributed by atoms with Gasteiger partial charge in [0, 0.05) is 24.5 Å². The van der Waals surface area contributed by atoms with Gasteiger partial charge in [0.05, 0.1) is 18.6 Å². The molecule has 0 atom stereocenters. The number of hydrazine groups is 1. The molecule has 0 amide bonds. The van der Waals surface area contributed by atoms with E-state index in [2.05, 4.69) is 33.3 Å². The van der Waals surface area contributed by atoms with Crippen LogP contribution in [0, 0.1) is 0 Å². The van der Waals surface area contributed by atoms with E-state index < -0.39 is 0 Å². The number of hydrogen-bond donors (Lipinski definition) is 0. The van der Waals surface area contributed by atoms with Crippen molar-refractivity contribution in [3.63, 3.8) is 0 Å². The van der Waals surface area contributed by atoms with Crippen LogP contribution in [0.2, 0.25) is 0 Å². The summed E-state index contributed by atoms with van der Waals surface area (Å²) in [7, 11) is 0. The molecule has 0 spiro atoms. The summed E-state index contributed by atoms with van der Waals surface area (Å²) in [6.07, 6.45) is 2.17. The summed E-state index contributed by atoms with van der Waals surface area (Å²) in [5.74, 6) is 0. The normalized spacial score (nSPS) is 20.9. The van der Waals surface area contributed by atoms with Gasteiger partial charge in [0.1, 0.15) is 6.67 Å². The average molecular weight is 217 g/mol. The van der Waals surface area contributed by atoms with Crippen molar-refractivity contribution in [3.8, 4) is 0 Å². The van der Waals surface area contributed by atoms with E-state index in [1.807, 2.05) is 12.1 Å². The molecule has 3 rings (SSSR count). The maximum absolute atomic E-state index is 5.35. The van der Waals surface area contributed by atoms with Crippen LogP contribution in [-0.2, 0) is 4.74 Å². The SMILES string of the molecule is C1=c2ccccc2=NCN1N1CCOCC1. The molecule has 2 heterocycles. The average Bonchev–Trinajstić information content (AvgIpc) is 2.39. The number of para-hydroxylation sites is 1. The fourth-order valence-electron chi connectivity index (χ4n) is 2.07. The Morgan fingerprint density at radius 3 is 2.81 bits per heavy atom. The van der Waals surface area contributed by atoms with Crippen molar-refractivity contribution in [2.45, 2.75) is 0 Å². The predicted octanol–water partition coefficient (Wildman–Crippen LogP) is -0.435. The van der Waals surface area contributed by atoms with Gasteiger partial charge in [-0.25, -0.2) is 5.01 Å². The summed E-state index contributed by atoms with van der Waals surface area (Å²) in [5.41, 5.74) is 0. The molecule has 1 aromatic carbocycles. The number of morpholine rings is 1. The highest BCUT2D eigenvalue weighted by atomic mass is 16.5. The van der Waals surface area contributed by atoms with Crippen molar-refractivity contribution >= 4 is 6.20 Å². The lowest BCUT2D eigenvalue weighted by Gasteiger charge is -2.36. The van der Waals surface area contributed by atoms with Gasteiger partial charge in [0.2, 0.25) is 0 Å². The van der Waals surface area contributed by atoms with Crippen LogP contribution in [0.1, 0.15) is 0 Å². The first-order valence-corrected chi connectivity index (χ1v) is 5.64. The number of nitrogens with zero attached hydrogens (tertiary/aromatic N) is 3. The summed E-state index contributed by atoms with van der Waals surface area (Å²) in [6.45, 7) is 4.25. The number of hydrogen-bond acceptors (Lipinski definition) is 4. The highest BCUT2D eigenvalue weighted by molar-refractivity contribution is 5.23. The monoisotopic (exact) mass is 217 g/mol. The topological polar surface area (TPSA) is 28.1 Å². The van der Waals surface area contributed by atoms with E-state index in [0.29, 0.717) is 0 Å². The van der Waals surface area contributed by atoms with Crippen molar-refractivity contribution < 1.29 is 4.74 Å². The van der Waals surface area contributed by atoms with Crippen molar-refractivity contribution in [3.05, 3.63) is 34.8 Å². The molecule has 0 bridgehead atoms. The molecule has 4 heteroatoms. The van der Waals surface area contributed by atoms with Gasteiger partial charge in [0.25, 0.3) is 0 Å². The molecule has 0 saturated carbocycles. The molecule has 1 aromatic rings. The van der Waals surface area contributed by atoms with Gasteiger partial charge in [-0.3, -0.25) is 10.0 Å². The second kappa shape index (κ2) is 4.23. The Balaban J connectivity index is 1.88. The maximum atomic E-state index is 5.35. The van der Waals surface area contributed by atoms with Crippen molar-refractivity contribution in [2.24, 2.45) is 4.99 Å². The Morgan fingerprint density at radius 1 is 1.12 bits per heavy atom. The van der Waals surface area contributed by atoms with Gasteiger partial charge < -0.3 is 4.74 Å². The van der Waals surface area contributed by atoms with Crippen LogP contribution in [0.5, 0.6) is 0 Å². The molecule has 2 aliphatic rings. The van der Waals surface area contributed by atoms with Crippen LogP contribution in [0.3, 0.4) is 0 Å². The van der Waals surface area contributed by atoms with Crippen molar-refractivity contribution in [1.29, 1.82) is 0 Å². The second-order valence-corrected chi connectivity index (χ2v) is 3.99. The van der Waals surface area contributed by atoms with Gasteiger partial charge in [-0.2, -0.15) is 0 Å². The second-order valence-electron chi connectivity index (χ2n) is 3.99. The fourth-order valence-corrected chi connectivity index (χ4v) is 2.07. The maximum Gasteiger partial charge on any atom is 0.125 e. The number of ether oxygens (including phenoxy) is 1. The van der Waals surface area contributed by atoms with Crippen molar-refractivity contribution in [1.82, 2.24) is 10.0 Å². The standard InChI is InChI=1S/C12H15N3O/c1-2-4-12-11(3-1)9-15(10-13-12)14-5-7-16-8-6-14/h1-4,9H,5-8,10H2. The first kappa shape index (κ1) is 9.81. The molecule has 16 heavy (non-hydrogen) atoms. The molecule has 0 aliphatic carbocycles. The van der Waals surface area contributed by atoms with Crippen LogP contribution in [0.4, 0.5) is 0 Å². The predicted molar refractivity (Wildman–Crippen MR) is 60.8 cm³/mol. The zero-order valence-electron chi connectivity index (χ0n) is 9.17. The smallest absolute Gasteiger partial charge is 0.125 e. The van der Waals surface area contributed by atoms with Crippen LogP contribution in [0.25, 0.3) is 6.20 Å². The Morgan fingerprint density at radius 2 is 1.94 bits per heavy atom. The first-order chi connectivity index (χ1) is 7.93. The molecular weight excluding hydrogens is 202 g/mol. The Labute approximate surface area is 94.4 Å². The molecular formula is C12H15N3O. The highest BCUT2D eigenvalue weighted by Gasteiger charge is 2.16. The number of benzene rings is 1. The van der Waals surface area contributed by atoms with E-state index in [4.69, 9.17) is 4.74 Å². The fraction of sp³-hybridized carbons (Fsp3) is 0.417. The van der Waals surface area contributed by atoms with Crippen LogP contribution in [0.15, 0.2) is 29.3 Å². The molecule has 0 unspecified atom stereocenters. The van der Waals surface area contributed by atoms with E-state index in [0.717, 1.165) is 38.3 Å². The molecule has 1 saturated heterocycles. The largest absolute Gasteiger partial charge is 0.379 e. The van der Waals surface area contributed by atoms with Gasteiger partial charge in [-0.05, 0) is 6.07 Å². The molecule has 1 fully saturated rings. The minimum atomic E-state index is 0.719. The summed E-state index contributed by atoms with van der Waals surface area (Å²) >= 11 is 0. The molecule has 84 valence electrons. The summed E-state index contributed by atoms with van der Waals surface area (Å²) in [6, 6.07) is 8.24. The lowest BCUT2D eigenvalue weighted by Crippen LogP contribution is -2.49. The zero-order chi connectivity index (χ0) is 10.8. The Hall–Kier alpha value is -1.39. The van der Waals surface area contributed by atoms with Gasteiger partial charge in [0.15, 0.2) is 0 Å². The molecule has 0 aromatic heterocycles. The minimum Gasteiger partial charge on any atom is -0.379 e. The third kappa shape index (κ3) is 1.81. The van der Waals surface area contributed by atoms with Gasteiger partial charge in [-0.15, -0.1) is 0 Å². The van der Waals surface area contributed by atoms with Crippen molar-refractivity contribution in [2.75, 3.05) is 33.0 Å². The quantitative estimate of drug-likeness (QED) is 0.638. The third-order valence-corrected chi connectivity index (χ3v) is 2.96. The van der Waals surface area contributed by atoms with E-state index in [-0.39, 0.29) is 0 Å². The van der Waals surface area contributed by atoms with Crippen LogP contribution < -0.4 is 10.6 Å². The van der Waals surface area contributed by atoms with E-state index >= 15 is 0 Å². The third-order valence-electron chi connectivity index (χ3n) is 2.96. The highest BCUT2D eigenvalue weighted by Crippen LogP contribution is 2.04. The molecule has 2 aliphatic heterocycles. The summed E-state index contributed by atoms with van der Waals surface area (Å²) in [5, 5.41) is 6.76. The lowest BCUT2D eigenvalue weighted by atomic mass is 10.3. The first-order valence-electron chi connectivity index (χ1n) is 5.64. The summed E-state index contributed by atoms with van der Waals surface area (Å²) in [4.78, 5) is 4.56. The van der Waals surface area contributed by atoms with E-state index in [9.17, 15) is 0 Å². The van der Waals surface area contributed by atoms with Gasteiger partial charge >= 0.3 is 0 Å². The lowest BCUT2D eigenvalue weighted by molar-refractivity contribution is -0.0527. The van der Waals surface area contributed by atoms with E-state index in [1.54, 1.807) is 0 Å². The van der Waals surface area contributed by atoms with Crippen LogP contribution >= 0.6 is 0 Å². The number of fused-ring (bicyclic) bond motifs is 1. The molecule has 0 N–H and O–H groups in total. The zero-order valence-corrected chi connectivity index (χ0v) is 9.17. The molecule has 0 radical (unpaired) electrons. The van der Waals surface area contributed by atoms with Crippen LogP contribution in [-0.4, -0.2) is 43.0 Å². The Bertz CT molecular complexity index is 479. The number of rotatable bonds is 1. The summed E-state index contributed by atoms with van der Waals surface area (Å²) < 4.78 is 5.35. The Kier molecular flexibility index (Phi) is 2.60. The molecule has 4 nitrogen and oxygen atoms in total. The van der Waals surface area contributed by atoms with E-state index in [1.165, 1.54) is 5.22 Å².